The van der Waals surface area contributed by atoms with Gasteiger partial charge >= 0.3 is 5.97 Å². The third-order valence-electron chi connectivity index (χ3n) is 5.20. The van der Waals surface area contributed by atoms with Crippen LogP contribution in [0.25, 0.3) is 22.0 Å². The number of hydrogen-bond acceptors (Lipinski definition) is 8. The Bertz CT molecular complexity index is 1270. The smallest absolute Gasteiger partial charge is 0.340 e. The summed E-state index contributed by atoms with van der Waals surface area (Å²) in [6.07, 6.45) is 3.01. The van der Waals surface area contributed by atoms with Crippen LogP contribution in [0.5, 0.6) is 17.2 Å². The van der Waals surface area contributed by atoms with Crippen molar-refractivity contribution in [3.8, 4) is 28.4 Å². The van der Waals surface area contributed by atoms with E-state index in [0.717, 1.165) is 10.9 Å². The average Bonchev–Trinajstić information content (AvgIpc) is 3.35. The van der Waals surface area contributed by atoms with Crippen LogP contribution in [0.15, 0.2) is 49.1 Å². The highest BCUT2D eigenvalue weighted by molar-refractivity contribution is 6.08. The first-order valence-corrected chi connectivity index (χ1v) is 10.3. The first-order valence-electron chi connectivity index (χ1n) is 10.3. The number of rotatable bonds is 8. The van der Waals surface area contributed by atoms with Gasteiger partial charge in [0.1, 0.15) is 18.4 Å². The van der Waals surface area contributed by atoms with Crippen molar-refractivity contribution in [1.82, 2.24) is 19.7 Å². The highest BCUT2D eigenvalue weighted by Gasteiger charge is 2.25. The third kappa shape index (κ3) is 4.30. The number of benzene rings is 2. The lowest BCUT2D eigenvalue weighted by molar-refractivity contribution is 0.0525. The van der Waals surface area contributed by atoms with Crippen molar-refractivity contribution in [3.05, 3.63) is 60.3 Å². The summed E-state index contributed by atoms with van der Waals surface area (Å²) >= 11 is 0. The number of fused-ring (bicyclic) bond motifs is 1. The lowest BCUT2D eigenvalue weighted by Crippen LogP contribution is -2.15. The number of esters is 1. The Hall–Kier alpha value is -4.14. The van der Waals surface area contributed by atoms with Gasteiger partial charge in [0, 0.05) is 17.0 Å². The van der Waals surface area contributed by atoms with Gasteiger partial charge in [-0.25, -0.2) is 19.4 Å². The molecule has 9 heteroatoms. The molecule has 0 atom stereocenters. The van der Waals surface area contributed by atoms with E-state index in [2.05, 4.69) is 10.1 Å². The Balaban J connectivity index is 2.08. The number of carbonyl (C=O) groups is 1. The second-order valence-electron chi connectivity index (χ2n) is 7.07. The summed E-state index contributed by atoms with van der Waals surface area (Å²) in [6.45, 7) is 2.24. The minimum atomic E-state index is -0.470. The molecule has 0 unspecified atom stereocenters. The molecule has 0 saturated heterocycles. The number of pyridine rings is 1. The summed E-state index contributed by atoms with van der Waals surface area (Å²) in [4.78, 5) is 22.1. The number of hydrogen-bond donors (Lipinski definition) is 0. The summed E-state index contributed by atoms with van der Waals surface area (Å²) in [6, 6.07) is 11.1. The van der Waals surface area contributed by atoms with Crippen LogP contribution in [0.1, 0.15) is 23.0 Å². The Labute approximate surface area is 190 Å². The number of ether oxygens (including phenoxy) is 4. The minimum absolute atomic E-state index is 0.230. The average molecular weight is 448 g/mol. The van der Waals surface area contributed by atoms with Crippen LogP contribution in [-0.2, 0) is 11.3 Å². The molecule has 2 aromatic carbocycles. The highest BCUT2D eigenvalue weighted by Crippen LogP contribution is 2.40. The van der Waals surface area contributed by atoms with Crippen molar-refractivity contribution in [3.63, 3.8) is 0 Å². The van der Waals surface area contributed by atoms with E-state index < -0.39 is 5.97 Å². The molecular formula is C24H24N4O5. The summed E-state index contributed by atoms with van der Waals surface area (Å²) in [7, 11) is 4.74. The van der Waals surface area contributed by atoms with E-state index >= 15 is 0 Å². The van der Waals surface area contributed by atoms with Gasteiger partial charge < -0.3 is 18.9 Å². The van der Waals surface area contributed by atoms with E-state index in [0.29, 0.717) is 39.6 Å². The summed E-state index contributed by atoms with van der Waals surface area (Å²) in [5, 5.41) is 4.90. The van der Waals surface area contributed by atoms with E-state index in [1.165, 1.54) is 6.33 Å². The molecule has 0 bridgehead atoms. The van der Waals surface area contributed by atoms with Gasteiger partial charge in [0.25, 0.3) is 0 Å². The van der Waals surface area contributed by atoms with Crippen molar-refractivity contribution in [1.29, 1.82) is 0 Å². The van der Waals surface area contributed by atoms with Crippen LogP contribution in [-0.4, -0.2) is 53.7 Å². The van der Waals surface area contributed by atoms with E-state index in [1.54, 1.807) is 45.3 Å². The van der Waals surface area contributed by atoms with Crippen LogP contribution in [0.3, 0.4) is 0 Å². The van der Waals surface area contributed by atoms with Crippen molar-refractivity contribution in [2.24, 2.45) is 0 Å². The van der Waals surface area contributed by atoms with E-state index in [-0.39, 0.29) is 13.2 Å². The molecule has 4 rings (SSSR count). The number of aromatic nitrogens is 4. The molecule has 2 aromatic heterocycles. The van der Waals surface area contributed by atoms with Gasteiger partial charge in [0.2, 0.25) is 0 Å². The molecule has 0 saturated carbocycles. The molecule has 2 heterocycles. The Kier molecular flexibility index (Phi) is 6.39. The lowest BCUT2D eigenvalue weighted by atomic mass is 9.93. The lowest BCUT2D eigenvalue weighted by Gasteiger charge is -2.18. The van der Waals surface area contributed by atoms with Crippen LogP contribution in [0.4, 0.5) is 0 Å². The molecule has 9 nitrogen and oxygen atoms in total. The molecule has 0 amide bonds. The van der Waals surface area contributed by atoms with E-state index in [9.17, 15) is 4.79 Å². The number of methoxy groups -OCH3 is 3. The van der Waals surface area contributed by atoms with Crippen molar-refractivity contribution in [2.75, 3.05) is 27.9 Å². The molecule has 0 fully saturated rings. The largest absolute Gasteiger partial charge is 0.497 e. The SMILES string of the molecule is CCOC(=O)c1c(Cn2cncn2)nc2cc(OC)c(OC)cc2c1-c1ccc(OC)cc1. The third-order valence-corrected chi connectivity index (χ3v) is 5.20. The molecule has 0 aliphatic rings. The Morgan fingerprint density at radius 1 is 1.00 bits per heavy atom. The van der Waals surface area contributed by atoms with Gasteiger partial charge in [-0.05, 0) is 30.7 Å². The summed E-state index contributed by atoms with van der Waals surface area (Å²) in [5.41, 5.74) is 2.99. The quantitative estimate of drug-likeness (QED) is 0.376. The summed E-state index contributed by atoms with van der Waals surface area (Å²) in [5.74, 6) is 1.30. The zero-order valence-corrected chi connectivity index (χ0v) is 18.9. The zero-order chi connectivity index (χ0) is 23.4. The van der Waals surface area contributed by atoms with Crippen LogP contribution >= 0.6 is 0 Å². The van der Waals surface area contributed by atoms with Crippen molar-refractivity contribution >= 4 is 16.9 Å². The van der Waals surface area contributed by atoms with Crippen molar-refractivity contribution in [2.45, 2.75) is 13.5 Å². The van der Waals surface area contributed by atoms with Crippen LogP contribution in [0.2, 0.25) is 0 Å². The second kappa shape index (κ2) is 9.56. The van der Waals surface area contributed by atoms with Gasteiger partial charge in [-0.3, -0.25) is 0 Å². The Morgan fingerprint density at radius 3 is 2.33 bits per heavy atom. The number of nitrogens with zero attached hydrogens (tertiary/aromatic N) is 4. The van der Waals surface area contributed by atoms with E-state index in [4.69, 9.17) is 23.9 Å². The minimum Gasteiger partial charge on any atom is -0.497 e. The van der Waals surface area contributed by atoms with Crippen molar-refractivity contribution < 1.29 is 23.7 Å². The van der Waals surface area contributed by atoms with Gasteiger partial charge in [0.15, 0.2) is 11.5 Å². The van der Waals surface area contributed by atoms with Gasteiger partial charge in [-0.15, -0.1) is 0 Å². The fraction of sp³-hybridized carbons (Fsp3) is 0.250. The highest BCUT2D eigenvalue weighted by atomic mass is 16.5. The topological polar surface area (TPSA) is 97.6 Å². The zero-order valence-electron chi connectivity index (χ0n) is 18.9. The summed E-state index contributed by atoms with van der Waals surface area (Å²) < 4.78 is 23.4. The molecule has 4 aromatic rings. The molecule has 33 heavy (non-hydrogen) atoms. The normalized spacial score (nSPS) is 10.8. The van der Waals surface area contributed by atoms with E-state index in [1.807, 2.05) is 30.3 Å². The monoisotopic (exact) mass is 448 g/mol. The maximum atomic E-state index is 13.2. The van der Waals surface area contributed by atoms with Gasteiger partial charge in [0.05, 0.1) is 51.3 Å². The van der Waals surface area contributed by atoms with Gasteiger partial charge in [-0.1, -0.05) is 12.1 Å². The molecule has 0 spiro atoms. The second-order valence-corrected chi connectivity index (χ2v) is 7.07. The van der Waals surface area contributed by atoms with Crippen LogP contribution < -0.4 is 14.2 Å². The van der Waals surface area contributed by atoms with Crippen LogP contribution in [0, 0.1) is 0 Å². The van der Waals surface area contributed by atoms with Gasteiger partial charge in [-0.2, -0.15) is 5.10 Å². The maximum Gasteiger partial charge on any atom is 0.340 e. The first kappa shape index (κ1) is 22.1. The maximum absolute atomic E-state index is 13.2. The standard InChI is InChI=1S/C24H24N4O5/c1-5-33-24(29)23-19(12-28-14-25-13-26-28)27-18-11-21(32-4)20(31-3)10-17(18)22(23)15-6-8-16(30-2)9-7-15/h6-11,13-14H,5,12H2,1-4H3. The predicted molar refractivity (Wildman–Crippen MR) is 122 cm³/mol. The molecule has 0 aliphatic carbocycles. The predicted octanol–water partition coefficient (Wildman–Crippen LogP) is 3.74. The fourth-order valence-corrected chi connectivity index (χ4v) is 3.70. The molecule has 0 radical (unpaired) electrons. The Morgan fingerprint density at radius 2 is 1.73 bits per heavy atom. The fourth-order valence-electron chi connectivity index (χ4n) is 3.70. The molecule has 0 N–H and O–H groups in total. The number of carbonyl (C=O) groups excluding carboxylic acids is 1. The first-order chi connectivity index (χ1) is 16.1. The molecular weight excluding hydrogens is 424 g/mol. The molecule has 170 valence electrons. The molecule has 0 aliphatic heterocycles.